The van der Waals surface area contributed by atoms with Crippen LogP contribution in [0.3, 0.4) is 0 Å². The lowest BCUT2D eigenvalue weighted by atomic mass is 10.1. The molecule has 1 heterocycles. The Morgan fingerprint density at radius 2 is 1.97 bits per heavy atom. The Labute approximate surface area is 175 Å². The highest BCUT2D eigenvalue weighted by molar-refractivity contribution is 5.84. The van der Waals surface area contributed by atoms with Gasteiger partial charge in [0.2, 0.25) is 5.91 Å². The molecule has 0 aliphatic carbocycles. The first-order valence-electron chi connectivity index (χ1n) is 10.6. The van der Waals surface area contributed by atoms with Crippen LogP contribution in [0.15, 0.2) is 35.3 Å². The minimum Gasteiger partial charge on any atom is -0.379 e. The first-order valence-corrected chi connectivity index (χ1v) is 10.6. The Kier molecular flexibility index (Phi) is 10.5. The summed E-state index contributed by atoms with van der Waals surface area (Å²) in [4.78, 5) is 20.4. The predicted molar refractivity (Wildman–Crippen MR) is 118 cm³/mol. The summed E-state index contributed by atoms with van der Waals surface area (Å²) in [5.74, 6) is 0.707. The molecular formula is C22H37N5O2. The Balaban J connectivity index is 1.79. The molecule has 1 aromatic carbocycles. The van der Waals surface area contributed by atoms with Gasteiger partial charge in [-0.3, -0.25) is 9.69 Å². The van der Waals surface area contributed by atoms with Gasteiger partial charge in [0.1, 0.15) is 6.54 Å². The van der Waals surface area contributed by atoms with Crippen LogP contribution in [0.1, 0.15) is 25.3 Å². The third-order valence-corrected chi connectivity index (χ3v) is 5.01. The second-order valence-electron chi connectivity index (χ2n) is 7.76. The highest BCUT2D eigenvalue weighted by Crippen LogP contribution is 2.05. The standard InChI is InChI=1S/C22H37N5O2/c1-19(10-11-20-8-5-4-6-9-20)25-22(24-18-21(28)26(2)3)23-12-7-13-27-14-16-29-17-15-27/h4-6,8-9,19H,7,10-18H2,1-3H3,(H2,23,24,25). The van der Waals surface area contributed by atoms with Gasteiger partial charge in [-0.15, -0.1) is 0 Å². The summed E-state index contributed by atoms with van der Waals surface area (Å²) < 4.78 is 5.39. The molecule has 1 aliphatic heterocycles. The zero-order valence-electron chi connectivity index (χ0n) is 18.2. The Morgan fingerprint density at radius 3 is 2.66 bits per heavy atom. The number of hydrogen-bond acceptors (Lipinski definition) is 4. The Bertz CT molecular complexity index is 615. The summed E-state index contributed by atoms with van der Waals surface area (Å²) in [6.45, 7) is 7.84. The quantitative estimate of drug-likeness (QED) is 0.351. The second kappa shape index (κ2) is 13.2. The lowest BCUT2D eigenvalue weighted by molar-refractivity contribution is -0.127. The fraction of sp³-hybridized carbons (Fsp3) is 0.636. The number of benzene rings is 1. The second-order valence-corrected chi connectivity index (χ2v) is 7.76. The van der Waals surface area contributed by atoms with Gasteiger partial charge < -0.3 is 20.3 Å². The predicted octanol–water partition coefficient (Wildman–Crippen LogP) is 1.35. The molecule has 1 aromatic rings. The van der Waals surface area contributed by atoms with Crippen LogP contribution in [0.4, 0.5) is 0 Å². The number of rotatable bonds is 10. The third kappa shape index (κ3) is 9.76. The molecule has 1 atom stereocenters. The van der Waals surface area contributed by atoms with E-state index in [-0.39, 0.29) is 18.5 Å². The molecule has 1 saturated heterocycles. The molecule has 7 heteroatoms. The molecule has 2 N–H and O–H groups in total. The maximum atomic E-state index is 11.9. The minimum atomic E-state index is -0.00337. The van der Waals surface area contributed by atoms with Crippen LogP contribution in [-0.2, 0) is 16.0 Å². The zero-order chi connectivity index (χ0) is 20.9. The summed E-state index contributed by atoms with van der Waals surface area (Å²) in [6, 6.07) is 10.8. The summed E-state index contributed by atoms with van der Waals surface area (Å²) in [5, 5.41) is 6.85. The van der Waals surface area contributed by atoms with Gasteiger partial charge in [-0.05, 0) is 38.3 Å². The van der Waals surface area contributed by atoms with E-state index in [0.29, 0.717) is 5.96 Å². The van der Waals surface area contributed by atoms with Crippen molar-refractivity contribution in [3.05, 3.63) is 35.9 Å². The molecule has 1 amide bonds. The molecule has 0 bridgehead atoms. The molecule has 1 unspecified atom stereocenters. The number of carbonyl (C=O) groups is 1. The molecule has 1 aliphatic rings. The fourth-order valence-electron chi connectivity index (χ4n) is 3.11. The van der Waals surface area contributed by atoms with E-state index in [1.165, 1.54) is 5.56 Å². The van der Waals surface area contributed by atoms with Crippen LogP contribution in [0.25, 0.3) is 0 Å². The van der Waals surface area contributed by atoms with Crippen LogP contribution in [0, 0.1) is 0 Å². The van der Waals surface area contributed by atoms with Crippen molar-refractivity contribution < 1.29 is 9.53 Å². The fourth-order valence-corrected chi connectivity index (χ4v) is 3.11. The van der Waals surface area contributed by atoms with Crippen molar-refractivity contribution in [1.82, 2.24) is 20.4 Å². The van der Waals surface area contributed by atoms with Crippen molar-refractivity contribution in [2.24, 2.45) is 4.99 Å². The highest BCUT2D eigenvalue weighted by atomic mass is 16.5. The van der Waals surface area contributed by atoms with E-state index in [2.05, 4.69) is 51.7 Å². The summed E-state index contributed by atoms with van der Waals surface area (Å²) in [5.41, 5.74) is 1.33. The van der Waals surface area contributed by atoms with Crippen LogP contribution in [0.2, 0.25) is 0 Å². The summed E-state index contributed by atoms with van der Waals surface area (Å²) in [6.07, 6.45) is 3.04. The lowest BCUT2D eigenvalue weighted by Crippen LogP contribution is -2.44. The third-order valence-electron chi connectivity index (χ3n) is 5.01. The number of nitrogens with one attached hydrogen (secondary N) is 2. The number of hydrogen-bond donors (Lipinski definition) is 2. The maximum Gasteiger partial charge on any atom is 0.243 e. The first kappa shape index (κ1) is 23.2. The average molecular weight is 404 g/mol. The Morgan fingerprint density at radius 1 is 1.24 bits per heavy atom. The van der Waals surface area contributed by atoms with Crippen LogP contribution in [0.5, 0.6) is 0 Å². The van der Waals surface area contributed by atoms with Gasteiger partial charge in [0.25, 0.3) is 0 Å². The molecule has 162 valence electrons. The molecule has 0 spiro atoms. The molecular weight excluding hydrogens is 366 g/mol. The minimum absolute atomic E-state index is 0.00337. The van der Waals surface area contributed by atoms with E-state index in [1.54, 1.807) is 19.0 Å². The number of nitrogens with zero attached hydrogens (tertiary/aromatic N) is 3. The van der Waals surface area contributed by atoms with Crippen molar-refractivity contribution in [2.75, 3.05) is 60.0 Å². The first-order chi connectivity index (χ1) is 14.0. The van der Waals surface area contributed by atoms with Crippen molar-refractivity contribution in [3.8, 4) is 0 Å². The number of aliphatic imine (C=N–C) groups is 1. The largest absolute Gasteiger partial charge is 0.379 e. The maximum absolute atomic E-state index is 11.9. The van der Waals surface area contributed by atoms with E-state index in [9.17, 15) is 4.79 Å². The normalized spacial score (nSPS) is 16.3. The number of carbonyl (C=O) groups excluding carboxylic acids is 1. The highest BCUT2D eigenvalue weighted by Gasteiger charge is 2.11. The van der Waals surface area contributed by atoms with Crippen molar-refractivity contribution in [1.29, 1.82) is 0 Å². The summed E-state index contributed by atoms with van der Waals surface area (Å²) >= 11 is 0. The Hall–Kier alpha value is -2.12. The number of guanidine groups is 1. The van der Waals surface area contributed by atoms with Crippen LogP contribution >= 0.6 is 0 Å². The monoisotopic (exact) mass is 403 g/mol. The molecule has 0 aromatic heterocycles. The van der Waals surface area contributed by atoms with Crippen molar-refractivity contribution in [3.63, 3.8) is 0 Å². The number of morpholine rings is 1. The molecule has 2 rings (SSSR count). The zero-order valence-corrected chi connectivity index (χ0v) is 18.2. The van der Waals surface area contributed by atoms with Crippen molar-refractivity contribution >= 4 is 11.9 Å². The molecule has 7 nitrogen and oxygen atoms in total. The van der Waals surface area contributed by atoms with E-state index in [1.807, 2.05) is 6.07 Å². The molecule has 0 saturated carbocycles. The molecule has 0 radical (unpaired) electrons. The van der Waals surface area contributed by atoms with Gasteiger partial charge >= 0.3 is 0 Å². The van der Waals surface area contributed by atoms with Gasteiger partial charge in [0.05, 0.1) is 13.2 Å². The smallest absolute Gasteiger partial charge is 0.243 e. The SMILES string of the molecule is CC(CCc1ccccc1)NC(=NCC(=O)N(C)C)NCCCN1CCOCC1. The van der Waals surface area contributed by atoms with Crippen molar-refractivity contribution in [2.45, 2.75) is 32.2 Å². The number of likely N-dealkylation sites (N-methyl/N-ethyl adjacent to an activating group) is 1. The average Bonchev–Trinajstić information content (AvgIpc) is 2.74. The van der Waals surface area contributed by atoms with E-state index < -0.39 is 0 Å². The van der Waals surface area contributed by atoms with Crippen LogP contribution < -0.4 is 10.6 Å². The van der Waals surface area contributed by atoms with Crippen LogP contribution in [-0.4, -0.2) is 87.7 Å². The summed E-state index contributed by atoms with van der Waals surface area (Å²) in [7, 11) is 3.51. The topological polar surface area (TPSA) is 69.2 Å². The molecule has 29 heavy (non-hydrogen) atoms. The number of ether oxygens (including phenoxy) is 1. The van der Waals surface area contributed by atoms with Gasteiger partial charge in [-0.2, -0.15) is 0 Å². The lowest BCUT2D eigenvalue weighted by Gasteiger charge is -2.26. The van der Waals surface area contributed by atoms with E-state index >= 15 is 0 Å². The van der Waals surface area contributed by atoms with E-state index in [4.69, 9.17) is 4.74 Å². The van der Waals surface area contributed by atoms with Gasteiger partial charge in [-0.25, -0.2) is 4.99 Å². The van der Waals surface area contributed by atoms with E-state index in [0.717, 1.165) is 58.7 Å². The number of amides is 1. The number of aryl methyl sites for hydroxylation is 1. The van der Waals surface area contributed by atoms with Gasteiger partial charge in [0.15, 0.2) is 5.96 Å². The van der Waals surface area contributed by atoms with Gasteiger partial charge in [-0.1, -0.05) is 30.3 Å². The van der Waals surface area contributed by atoms with Gasteiger partial charge in [0, 0.05) is 39.8 Å². The molecule has 1 fully saturated rings.